The van der Waals surface area contributed by atoms with E-state index < -0.39 is 40.8 Å². The molecule has 0 spiro atoms. The van der Waals surface area contributed by atoms with Crippen LogP contribution in [0.5, 0.6) is 40.2 Å². The molecule has 0 aromatic heterocycles. The summed E-state index contributed by atoms with van der Waals surface area (Å²) in [4.78, 5) is 28.2. The van der Waals surface area contributed by atoms with Gasteiger partial charge in [-0.1, -0.05) is 41.5 Å². The van der Waals surface area contributed by atoms with Crippen LogP contribution in [0.15, 0.2) is 90.0 Å². The Balaban J connectivity index is 1.64. The van der Waals surface area contributed by atoms with E-state index in [4.69, 9.17) is 0 Å². The van der Waals surface area contributed by atoms with Gasteiger partial charge in [-0.3, -0.25) is 9.59 Å². The van der Waals surface area contributed by atoms with Crippen molar-refractivity contribution in [1.82, 2.24) is 0 Å². The lowest BCUT2D eigenvalue weighted by Gasteiger charge is -2.37. The molecule has 0 radical (unpaired) electrons. The molecule has 9 heteroatoms. The third-order valence-electron chi connectivity index (χ3n) is 9.19. The van der Waals surface area contributed by atoms with E-state index in [0.717, 1.165) is 22.8 Å². The number of carbonyl (C=O) groups is 2. The van der Waals surface area contributed by atoms with Crippen molar-refractivity contribution in [3.8, 4) is 40.2 Å². The van der Waals surface area contributed by atoms with E-state index in [1.54, 1.807) is 24.3 Å². The standard InChI is InChI=1S/C40H40O9/c1-21(2)4-11-27-33(44)16-14-29(38(27)47)40(49)36-30(26-12-10-25(42)20-35(26)46)18-22(3)19-31(36)37-34(45)17-13-28(39(37)48)32(43)15-7-23-5-8-24(41)9-6-23/h4-6,8-10,12-14,16-17,19-20,30-31,36,41-42,44-48H,7,11,15,18H2,1-3H3. The highest BCUT2D eigenvalue weighted by Crippen LogP contribution is 2.53. The van der Waals surface area contributed by atoms with E-state index in [1.807, 2.05) is 20.8 Å². The van der Waals surface area contributed by atoms with Crippen molar-refractivity contribution >= 4 is 11.6 Å². The number of rotatable bonds is 10. The first-order valence-corrected chi connectivity index (χ1v) is 16.0. The number of allylic oxidation sites excluding steroid dienone is 4. The van der Waals surface area contributed by atoms with Gasteiger partial charge < -0.3 is 35.7 Å². The molecule has 49 heavy (non-hydrogen) atoms. The van der Waals surface area contributed by atoms with E-state index in [-0.39, 0.29) is 70.3 Å². The molecule has 0 saturated carbocycles. The van der Waals surface area contributed by atoms with E-state index in [2.05, 4.69) is 0 Å². The molecule has 0 amide bonds. The van der Waals surface area contributed by atoms with Crippen molar-refractivity contribution < 1.29 is 45.3 Å². The first kappa shape index (κ1) is 34.6. The number of ketones is 2. The van der Waals surface area contributed by atoms with Crippen molar-refractivity contribution in [2.75, 3.05) is 0 Å². The van der Waals surface area contributed by atoms with Crippen molar-refractivity contribution in [3.63, 3.8) is 0 Å². The van der Waals surface area contributed by atoms with Crippen molar-refractivity contribution in [2.45, 2.75) is 58.3 Å². The number of benzene rings is 4. The molecule has 0 aliphatic heterocycles. The van der Waals surface area contributed by atoms with E-state index in [9.17, 15) is 45.3 Å². The van der Waals surface area contributed by atoms with E-state index in [1.165, 1.54) is 48.5 Å². The van der Waals surface area contributed by atoms with Gasteiger partial charge in [-0.2, -0.15) is 0 Å². The molecular formula is C40H40O9. The smallest absolute Gasteiger partial charge is 0.171 e. The second kappa shape index (κ2) is 14.2. The Labute approximate surface area is 284 Å². The van der Waals surface area contributed by atoms with Crippen LogP contribution in [-0.4, -0.2) is 47.3 Å². The van der Waals surface area contributed by atoms with Crippen LogP contribution in [0, 0.1) is 5.92 Å². The number of aromatic hydroxyl groups is 7. The summed E-state index contributed by atoms with van der Waals surface area (Å²) in [6.45, 7) is 5.54. The molecule has 1 aliphatic carbocycles. The minimum atomic E-state index is -1.13. The molecule has 0 heterocycles. The van der Waals surface area contributed by atoms with Gasteiger partial charge in [0, 0.05) is 41.4 Å². The van der Waals surface area contributed by atoms with Gasteiger partial charge in [0.05, 0.1) is 11.1 Å². The van der Waals surface area contributed by atoms with Crippen molar-refractivity contribution in [1.29, 1.82) is 0 Å². The first-order valence-electron chi connectivity index (χ1n) is 16.0. The molecule has 0 fully saturated rings. The third-order valence-corrected chi connectivity index (χ3v) is 9.19. The average molecular weight is 665 g/mol. The van der Waals surface area contributed by atoms with Crippen LogP contribution < -0.4 is 0 Å². The first-order chi connectivity index (χ1) is 23.3. The monoisotopic (exact) mass is 664 g/mol. The maximum atomic E-state index is 14.7. The Morgan fingerprint density at radius 2 is 1.41 bits per heavy atom. The van der Waals surface area contributed by atoms with Crippen LogP contribution in [0.4, 0.5) is 0 Å². The van der Waals surface area contributed by atoms with Gasteiger partial charge in [0.15, 0.2) is 11.6 Å². The highest BCUT2D eigenvalue weighted by atomic mass is 16.3. The summed E-state index contributed by atoms with van der Waals surface area (Å²) in [5, 5.41) is 75.4. The van der Waals surface area contributed by atoms with Crippen LogP contribution in [0.1, 0.15) is 88.4 Å². The molecule has 0 bridgehead atoms. The van der Waals surface area contributed by atoms with Crippen LogP contribution in [0.2, 0.25) is 0 Å². The van der Waals surface area contributed by atoms with E-state index >= 15 is 0 Å². The van der Waals surface area contributed by atoms with Crippen LogP contribution >= 0.6 is 0 Å². The zero-order chi connectivity index (χ0) is 35.6. The lowest BCUT2D eigenvalue weighted by Crippen LogP contribution is -2.32. The van der Waals surface area contributed by atoms with Gasteiger partial charge in [-0.15, -0.1) is 0 Å². The number of phenolic OH excluding ortho intramolecular Hbond substituents is 7. The molecule has 4 aromatic carbocycles. The van der Waals surface area contributed by atoms with Gasteiger partial charge in [-0.25, -0.2) is 0 Å². The summed E-state index contributed by atoms with van der Waals surface area (Å²) >= 11 is 0. The maximum Gasteiger partial charge on any atom is 0.171 e. The molecular weight excluding hydrogens is 624 g/mol. The Kier molecular flexibility index (Phi) is 10.0. The molecule has 1 aliphatic rings. The van der Waals surface area contributed by atoms with Gasteiger partial charge in [-0.05, 0) is 93.6 Å². The number of aryl methyl sites for hydroxylation is 1. The van der Waals surface area contributed by atoms with E-state index in [0.29, 0.717) is 12.0 Å². The van der Waals surface area contributed by atoms with Crippen LogP contribution in [-0.2, 0) is 12.8 Å². The molecule has 4 aromatic rings. The molecule has 3 unspecified atom stereocenters. The largest absolute Gasteiger partial charge is 0.508 e. The summed E-state index contributed by atoms with van der Waals surface area (Å²) in [6, 6.07) is 15.7. The van der Waals surface area contributed by atoms with Crippen molar-refractivity contribution in [3.05, 3.63) is 123 Å². The number of phenols is 7. The molecule has 3 atom stereocenters. The summed E-state index contributed by atoms with van der Waals surface area (Å²) in [7, 11) is 0. The topological polar surface area (TPSA) is 176 Å². The Bertz CT molecular complexity index is 1970. The zero-order valence-electron chi connectivity index (χ0n) is 27.5. The highest BCUT2D eigenvalue weighted by molar-refractivity contribution is 6.03. The number of hydrogen-bond donors (Lipinski definition) is 7. The second-order valence-electron chi connectivity index (χ2n) is 12.9. The highest BCUT2D eigenvalue weighted by Gasteiger charge is 2.43. The zero-order valence-corrected chi connectivity index (χ0v) is 27.5. The number of carbonyl (C=O) groups excluding carboxylic acids is 2. The number of hydrogen-bond acceptors (Lipinski definition) is 9. The summed E-state index contributed by atoms with van der Waals surface area (Å²) in [6.07, 6.45) is 4.32. The lowest BCUT2D eigenvalue weighted by molar-refractivity contribution is 0.0876. The Morgan fingerprint density at radius 1 is 0.755 bits per heavy atom. The fourth-order valence-corrected chi connectivity index (χ4v) is 6.68. The molecule has 254 valence electrons. The fraction of sp³-hybridized carbons (Fsp3) is 0.250. The Hall–Kier alpha value is -5.70. The summed E-state index contributed by atoms with van der Waals surface area (Å²) in [5.41, 5.74) is 2.80. The number of Topliss-reactive ketones (excluding diaryl/α,β-unsaturated/α-hetero) is 2. The predicted molar refractivity (Wildman–Crippen MR) is 185 cm³/mol. The second-order valence-corrected chi connectivity index (χ2v) is 12.9. The Morgan fingerprint density at radius 3 is 2.08 bits per heavy atom. The van der Waals surface area contributed by atoms with Crippen molar-refractivity contribution in [2.24, 2.45) is 5.92 Å². The molecule has 5 rings (SSSR count). The summed E-state index contributed by atoms with van der Waals surface area (Å²) < 4.78 is 0. The van der Waals surface area contributed by atoms with Crippen LogP contribution in [0.25, 0.3) is 0 Å². The minimum absolute atomic E-state index is 0.0181. The van der Waals surface area contributed by atoms with Gasteiger partial charge >= 0.3 is 0 Å². The third kappa shape index (κ3) is 7.26. The normalized spacial score (nSPS) is 17.3. The average Bonchev–Trinajstić information content (AvgIpc) is 3.04. The molecule has 9 nitrogen and oxygen atoms in total. The van der Waals surface area contributed by atoms with Gasteiger partial charge in [0.2, 0.25) is 0 Å². The molecule has 0 saturated heterocycles. The quantitative estimate of drug-likeness (QED) is 0.0662. The van der Waals surface area contributed by atoms with Crippen LogP contribution in [0.3, 0.4) is 0 Å². The van der Waals surface area contributed by atoms with Gasteiger partial charge in [0.25, 0.3) is 0 Å². The minimum Gasteiger partial charge on any atom is -0.508 e. The fourth-order valence-electron chi connectivity index (χ4n) is 6.68. The predicted octanol–water partition coefficient (Wildman–Crippen LogP) is 7.67. The maximum absolute atomic E-state index is 14.7. The summed E-state index contributed by atoms with van der Waals surface area (Å²) in [5.74, 6) is -5.69. The molecule has 7 N–H and O–H groups in total. The van der Waals surface area contributed by atoms with Gasteiger partial charge in [0.1, 0.15) is 40.2 Å². The lowest BCUT2D eigenvalue weighted by atomic mass is 9.65. The SMILES string of the molecule is CC(C)=CCc1c(O)ccc(C(=O)C2C(c3c(O)ccc(C(=O)CCc4ccc(O)cc4)c3O)C=C(C)CC2c2ccc(O)cc2O)c1O.